The topological polar surface area (TPSA) is 38.3 Å². The minimum atomic E-state index is -0.411. The summed E-state index contributed by atoms with van der Waals surface area (Å²) in [4.78, 5) is 11.8. The monoisotopic (exact) mass is 363 g/mol. The number of carbonyl (C=O) groups excluding carboxylic acids is 1. The van der Waals surface area contributed by atoms with Crippen LogP contribution in [0.25, 0.3) is 0 Å². The molecule has 0 radical (unpaired) electrons. The molecular formula is C24H29NO2. The standard InChI is InChI=1S/C24H29NO2/c1-18(2)21-14-10-15-22(19(3)4)23(21)13-8-9-16-25-24(26)27-17-20-11-6-5-7-12-20/h5-7,10-12,14-15,18-19H,9,16-17H2,1-4H3,(H,25,26). The molecule has 2 rings (SSSR count). The van der Waals surface area contributed by atoms with Crippen LogP contribution in [-0.4, -0.2) is 12.6 Å². The largest absolute Gasteiger partial charge is 0.445 e. The van der Waals surface area contributed by atoms with Gasteiger partial charge in [0, 0.05) is 18.5 Å². The van der Waals surface area contributed by atoms with Crippen molar-refractivity contribution in [1.29, 1.82) is 0 Å². The molecule has 3 nitrogen and oxygen atoms in total. The Morgan fingerprint density at radius 3 is 2.19 bits per heavy atom. The van der Waals surface area contributed by atoms with Gasteiger partial charge >= 0.3 is 6.09 Å². The maximum atomic E-state index is 11.8. The molecule has 0 fully saturated rings. The Morgan fingerprint density at radius 2 is 1.59 bits per heavy atom. The molecule has 0 saturated heterocycles. The molecule has 2 aromatic rings. The van der Waals surface area contributed by atoms with Crippen molar-refractivity contribution in [3.05, 3.63) is 70.8 Å². The average molecular weight is 364 g/mol. The van der Waals surface area contributed by atoms with Crippen molar-refractivity contribution >= 4 is 6.09 Å². The first kappa shape index (κ1) is 20.6. The van der Waals surface area contributed by atoms with Gasteiger partial charge < -0.3 is 10.1 Å². The molecule has 0 aliphatic heterocycles. The summed E-state index contributed by atoms with van der Waals surface area (Å²) >= 11 is 0. The maximum Gasteiger partial charge on any atom is 0.407 e. The summed E-state index contributed by atoms with van der Waals surface area (Å²) in [6.45, 7) is 9.51. The second-order valence-electron chi connectivity index (χ2n) is 7.16. The van der Waals surface area contributed by atoms with E-state index in [0.29, 0.717) is 24.8 Å². The predicted molar refractivity (Wildman–Crippen MR) is 111 cm³/mol. The number of rotatable bonds is 6. The van der Waals surface area contributed by atoms with Gasteiger partial charge in [-0.2, -0.15) is 0 Å². The van der Waals surface area contributed by atoms with Crippen LogP contribution in [0, 0.1) is 11.8 Å². The van der Waals surface area contributed by atoms with Crippen LogP contribution in [0.3, 0.4) is 0 Å². The summed E-state index contributed by atoms with van der Waals surface area (Å²) in [6.07, 6.45) is 0.177. The van der Waals surface area contributed by atoms with E-state index in [9.17, 15) is 4.79 Å². The normalized spacial score (nSPS) is 10.4. The van der Waals surface area contributed by atoms with Gasteiger partial charge in [-0.3, -0.25) is 0 Å². The maximum absolute atomic E-state index is 11.8. The first-order valence-electron chi connectivity index (χ1n) is 9.55. The van der Waals surface area contributed by atoms with Gasteiger partial charge in [-0.25, -0.2) is 4.79 Å². The van der Waals surface area contributed by atoms with Crippen LogP contribution in [0.5, 0.6) is 0 Å². The van der Waals surface area contributed by atoms with Crippen LogP contribution < -0.4 is 5.32 Å². The zero-order valence-electron chi connectivity index (χ0n) is 16.7. The number of alkyl carbamates (subject to hydrolysis) is 1. The van der Waals surface area contributed by atoms with E-state index in [1.54, 1.807) is 0 Å². The molecule has 1 amide bonds. The summed E-state index contributed by atoms with van der Waals surface area (Å²) in [5, 5.41) is 2.75. The lowest BCUT2D eigenvalue weighted by molar-refractivity contribution is 0.140. The highest BCUT2D eigenvalue weighted by Crippen LogP contribution is 2.26. The molecular weight excluding hydrogens is 334 g/mol. The first-order valence-corrected chi connectivity index (χ1v) is 9.55. The summed E-state index contributed by atoms with van der Waals surface area (Å²) < 4.78 is 5.20. The Hall–Kier alpha value is -2.73. The van der Waals surface area contributed by atoms with E-state index in [4.69, 9.17) is 4.74 Å². The second kappa shape index (κ2) is 10.4. The number of benzene rings is 2. The Labute approximate surface area is 163 Å². The van der Waals surface area contributed by atoms with E-state index in [1.807, 2.05) is 30.3 Å². The average Bonchev–Trinajstić information content (AvgIpc) is 2.66. The third kappa shape index (κ3) is 6.49. The number of ether oxygens (including phenoxy) is 1. The number of carbonyl (C=O) groups is 1. The van der Waals surface area contributed by atoms with E-state index in [2.05, 4.69) is 63.1 Å². The molecule has 0 saturated carbocycles. The van der Waals surface area contributed by atoms with Gasteiger partial charge in [0.15, 0.2) is 0 Å². The lowest BCUT2D eigenvalue weighted by Crippen LogP contribution is -2.24. The third-order valence-electron chi connectivity index (χ3n) is 4.32. The Morgan fingerprint density at radius 1 is 0.963 bits per heavy atom. The fourth-order valence-corrected chi connectivity index (χ4v) is 2.85. The van der Waals surface area contributed by atoms with Crippen molar-refractivity contribution in [3.63, 3.8) is 0 Å². The second-order valence-corrected chi connectivity index (χ2v) is 7.16. The Bertz CT molecular complexity index is 772. The van der Waals surface area contributed by atoms with Crippen LogP contribution in [-0.2, 0) is 11.3 Å². The lowest BCUT2D eigenvalue weighted by atomic mass is 9.89. The molecule has 2 aromatic carbocycles. The van der Waals surface area contributed by atoms with Crippen molar-refractivity contribution in [3.8, 4) is 11.8 Å². The first-order chi connectivity index (χ1) is 13.0. The third-order valence-corrected chi connectivity index (χ3v) is 4.32. The molecule has 27 heavy (non-hydrogen) atoms. The number of amides is 1. The van der Waals surface area contributed by atoms with Gasteiger partial charge in [0.1, 0.15) is 6.61 Å². The number of nitrogens with one attached hydrogen (secondary N) is 1. The highest BCUT2D eigenvalue weighted by molar-refractivity contribution is 5.67. The minimum Gasteiger partial charge on any atom is -0.445 e. The van der Waals surface area contributed by atoms with Crippen molar-refractivity contribution in [2.45, 2.75) is 52.6 Å². The van der Waals surface area contributed by atoms with Crippen LogP contribution in [0.2, 0.25) is 0 Å². The lowest BCUT2D eigenvalue weighted by Gasteiger charge is -2.15. The van der Waals surface area contributed by atoms with Crippen molar-refractivity contribution < 1.29 is 9.53 Å². The fourth-order valence-electron chi connectivity index (χ4n) is 2.85. The van der Waals surface area contributed by atoms with Crippen LogP contribution in [0.15, 0.2) is 48.5 Å². The van der Waals surface area contributed by atoms with Crippen LogP contribution in [0.4, 0.5) is 4.79 Å². The van der Waals surface area contributed by atoms with E-state index in [-0.39, 0.29) is 6.61 Å². The summed E-state index contributed by atoms with van der Waals surface area (Å²) in [5.41, 5.74) is 4.67. The van der Waals surface area contributed by atoms with E-state index < -0.39 is 6.09 Å². The zero-order valence-corrected chi connectivity index (χ0v) is 16.7. The number of hydrogen-bond acceptors (Lipinski definition) is 2. The predicted octanol–water partition coefficient (Wildman–Crippen LogP) is 5.60. The minimum absolute atomic E-state index is 0.276. The van der Waals surface area contributed by atoms with E-state index in [1.165, 1.54) is 11.1 Å². The van der Waals surface area contributed by atoms with Crippen molar-refractivity contribution in [2.75, 3.05) is 6.54 Å². The molecule has 3 heteroatoms. The van der Waals surface area contributed by atoms with Crippen LogP contribution >= 0.6 is 0 Å². The molecule has 0 heterocycles. The molecule has 0 aliphatic carbocycles. The molecule has 0 aliphatic rings. The van der Waals surface area contributed by atoms with Crippen LogP contribution in [0.1, 0.15) is 68.2 Å². The highest BCUT2D eigenvalue weighted by Gasteiger charge is 2.11. The quantitative estimate of drug-likeness (QED) is 0.536. The van der Waals surface area contributed by atoms with Crippen molar-refractivity contribution in [2.24, 2.45) is 0 Å². The SMILES string of the molecule is CC(C)c1cccc(C(C)C)c1C#CCCNC(=O)OCc1ccccc1. The molecule has 1 N–H and O–H groups in total. The summed E-state index contributed by atoms with van der Waals surface area (Å²) in [6, 6.07) is 16.1. The Kier molecular flexibility index (Phi) is 7.95. The van der Waals surface area contributed by atoms with Gasteiger partial charge in [0.05, 0.1) is 0 Å². The number of hydrogen-bond donors (Lipinski definition) is 1. The highest BCUT2D eigenvalue weighted by atomic mass is 16.5. The van der Waals surface area contributed by atoms with Gasteiger partial charge in [-0.05, 0) is 28.5 Å². The van der Waals surface area contributed by atoms with Crippen molar-refractivity contribution in [1.82, 2.24) is 5.32 Å². The molecule has 0 atom stereocenters. The van der Waals surface area contributed by atoms with Gasteiger partial charge in [0.25, 0.3) is 0 Å². The zero-order chi connectivity index (χ0) is 19.6. The van der Waals surface area contributed by atoms with Gasteiger partial charge in [-0.1, -0.05) is 88.1 Å². The summed E-state index contributed by atoms with van der Waals surface area (Å²) in [7, 11) is 0. The Balaban J connectivity index is 1.87. The van der Waals surface area contributed by atoms with E-state index >= 15 is 0 Å². The van der Waals surface area contributed by atoms with Gasteiger partial charge in [-0.15, -0.1) is 0 Å². The molecule has 0 spiro atoms. The molecule has 0 bridgehead atoms. The van der Waals surface area contributed by atoms with Gasteiger partial charge in [0.2, 0.25) is 0 Å². The van der Waals surface area contributed by atoms with E-state index in [0.717, 1.165) is 11.1 Å². The molecule has 0 aromatic heterocycles. The fraction of sp³-hybridized carbons (Fsp3) is 0.375. The molecule has 142 valence electrons. The summed E-state index contributed by atoms with van der Waals surface area (Å²) in [5.74, 6) is 7.39. The molecule has 0 unspecified atom stereocenters. The smallest absolute Gasteiger partial charge is 0.407 e.